The number of aliphatic imine (C=N–C) groups is 1. The normalized spacial score (nSPS) is 9.89. The molecule has 0 saturated heterocycles. The minimum Gasteiger partial charge on any atom is -0.282 e. The van der Waals surface area contributed by atoms with Crippen LogP contribution >= 0.6 is 11.8 Å². The molecule has 0 fully saturated rings. The van der Waals surface area contributed by atoms with Crippen molar-refractivity contribution in [2.75, 3.05) is 6.54 Å². The van der Waals surface area contributed by atoms with Gasteiger partial charge in [0.1, 0.15) is 0 Å². The van der Waals surface area contributed by atoms with Crippen molar-refractivity contribution in [1.29, 1.82) is 0 Å². The maximum absolute atomic E-state index is 4.03. The first-order valence-corrected chi connectivity index (χ1v) is 3.60. The van der Waals surface area contributed by atoms with E-state index in [0.29, 0.717) is 0 Å². The van der Waals surface area contributed by atoms with Gasteiger partial charge in [-0.3, -0.25) is 4.99 Å². The highest BCUT2D eigenvalue weighted by atomic mass is 32.2. The summed E-state index contributed by atoms with van der Waals surface area (Å²) in [5.41, 5.74) is 2.85. The van der Waals surface area contributed by atoms with Crippen LogP contribution in [0.1, 0.15) is 6.92 Å². The molecule has 2 heteroatoms. The average Bonchev–Trinajstić information content (AvgIpc) is 1.80. The van der Waals surface area contributed by atoms with Crippen molar-refractivity contribution >= 4 is 17.3 Å². The van der Waals surface area contributed by atoms with Gasteiger partial charge in [0, 0.05) is 0 Å². The first-order valence-electron chi connectivity index (χ1n) is 2.66. The standard InChI is InChI=1S/C7H11NS/c1-4-9-6-8-5-7(2)3/h4,6H,1-2,5H2,3H3. The van der Waals surface area contributed by atoms with Gasteiger partial charge in [0.15, 0.2) is 0 Å². The lowest BCUT2D eigenvalue weighted by molar-refractivity contribution is 1.16. The van der Waals surface area contributed by atoms with E-state index in [9.17, 15) is 0 Å². The third-order valence-electron chi connectivity index (χ3n) is 0.593. The van der Waals surface area contributed by atoms with Crippen LogP contribution in [0.25, 0.3) is 0 Å². The van der Waals surface area contributed by atoms with E-state index in [0.717, 1.165) is 12.1 Å². The molecule has 0 heterocycles. The van der Waals surface area contributed by atoms with Gasteiger partial charge in [0.05, 0.1) is 12.1 Å². The first kappa shape index (κ1) is 8.50. The minimum absolute atomic E-state index is 0.723. The van der Waals surface area contributed by atoms with Crippen molar-refractivity contribution in [2.45, 2.75) is 6.92 Å². The van der Waals surface area contributed by atoms with E-state index in [2.05, 4.69) is 18.2 Å². The lowest BCUT2D eigenvalue weighted by Gasteiger charge is -1.87. The zero-order valence-corrected chi connectivity index (χ0v) is 6.45. The Kier molecular flexibility index (Phi) is 5.32. The number of hydrogen-bond acceptors (Lipinski definition) is 2. The van der Waals surface area contributed by atoms with Gasteiger partial charge in [-0.05, 0) is 12.3 Å². The molecular formula is C7H11NS. The Bertz CT molecular complexity index is 127. The highest BCUT2D eigenvalue weighted by Gasteiger charge is 1.76. The molecule has 0 atom stereocenters. The number of hydrogen-bond donors (Lipinski definition) is 0. The second kappa shape index (κ2) is 5.63. The van der Waals surface area contributed by atoms with Gasteiger partial charge in [0.25, 0.3) is 0 Å². The topological polar surface area (TPSA) is 12.4 Å². The zero-order chi connectivity index (χ0) is 7.11. The zero-order valence-electron chi connectivity index (χ0n) is 5.63. The Morgan fingerprint density at radius 3 is 2.89 bits per heavy atom. The van der Waals surface area contributed by atoms with Crippen molar-refractivity contribution in [3.05, 3.63) is 24.1 Å². The van der Waals surface area contributed by atoms with E-state index in [1.807, 2.05) is 6.92 Å². The lowest BCUT2D eigenvalue weighted by atomic mass is 10.4. The Balaban J connectivity index is 3.24. The molecule has 0 saturated carbocycles. The fourth-order valence-corrected chi connectivity index (χ4v) is 0.526. The van der Waals surface area contributed by atoms with Crippen LogP contribution in [-0.4, -0.2) is 12.1 Å². The monoisotopic (exact) mass is 141 g/mol. The lowest BCUT2D eigenvalue weighted by Crippen LogP contribution is -1.77. The predicted molar refractivity (Wildman–Crippen MR) is 46.0 cm³/mol. The molecule has 0 aromatic heterocycles. The van der Waals surface area contributed by atoms with Crippen molar-refractivity contribution < 1.29 is 0 Å². The average molecular weight is 141 g/mol. The Morgan fingerprint density at radius 1 is 1.78 bits per heavy atom. The molecule has 0 unspecified atom stereocenters. The molecule has 0 aliphatic heterocycles. The molecule has 0 aliphatic carbocycles. The Labute approximate surface area is 60.6 Å². The molecule has 1 nitrogen and oxygen atoms in total. The summed E-state index contributed by atoms with van der Waals surface area (Å²) >= 11 is 1.48. The van der Waals surface area contributed by atoms with Gasteiger partial charge in [-0.15, -0.1) is 0 Å². The molecule has 0 aromatic rings. The molecule has 9 heavy (non-hydrogen) atoms. The van der Waals surface area contributed by atoms with Crippen LogP contribution < -0.4 is 0 Å². The van der Waals surface area contributed by atoms with Gasteiger partial charge in [-0.1, -0.05) is 30.5 Å². The summed E-state index contributed by atoms with van der Waals surface area (Å²) in [6.45, 7) is 9.91. The summed E-state index contributed by atoms with van der Waals surface area (Å²) in [6, 6.07) is 0. The maximum Gasteiger partial charge on any atom is 0.0600 e. The Hall–Kier alpha value is -0.500. The van der Waals surface area contributed by atoms with Gasteiger partial charge in [-0.25, -0.2) is 0 Å². The van der Waals surface area contributed by atoms with Crippen LogP contribution in [0.3, 0.4) is 0 Å². The van der Waals surface area contributed by atoms with Crippen LogP contribution in [-0.2, 0) is 0 Å². The van der Waals surface area contributed by atoms with Gasteiger partial charge in [0.2, 0.25) is 0 Å². The van der Waals surface area contributed by atoms with E-state index < -0.39 is 0 Å². The van der Waals surface area contributed by atoms with E-state index in [-0.39, 0.29) is 0 Å². The molecule has 0 aliphatic rings. The van der Waals surface area contributed by atoms with Crippen molar-refractivity contribution in [2.24, 2.45) is 4.99 Å². The quantitative estimate of drug-likeness (QED) is 0.333. The maximum atomic E-state index is 4.03. The summed E-state index contributed by atoms with van der Waals surface area (Å²) < 4.78 is 0. The van der Waals surface area contributed by atoms with E-state index in [1.165, 1.54) is 11.8 Å². The fraction of sp³-hybridized carbons (Fsp3) is 0.286. The highest BCUT2D eigenvalue weighted by molar-refractivity contribution is 8.14. The first-order chi connectivity index (χ1) is 4.27. The van der Waals surface area contributed by atoms with Crippen LogP contribution in [0.2, 0.25) is 0 Å². The van der Waals surface area contributed by atoms with Gasteiger partial charge >= 0.3 is 0 Å². The molecular weight excluding hydrogens is 130 g/mol. The van der Waals surface area contributed by atoms with Gasteiger partial charge < -0.3 is 0 Å². The second-order valence-corrected chi connectivity index (χ2v) is 2.52. The van der Waals surface area contributed by atoms with Crippen LogP contribution in [0.4, 0.5) is 0 Å². The SMILES string of the molecule is C=CSC=NCC(=C)C. The fourth-order valence-electron chi connectivity index (χ4n) is 0.279. The van der Waals surface area contributed by atoms with Crippen molar-refractivity contribution in [1.82, 2.24) is 0 Å². The number of thioether (sulfide) groups is 1. The number of rotatable bonds is 4. The smallest absolute Gasteiger partial charge is 0.0600 e. The third-order valence-corrected chi connectivity index (χ3v) is 1.06. The summed E-state index contributed by atoms with van der Waals surface area (Å²) in [6.07, 6.45) is 0. The molecule has 0 radical (unpaired) electrons. The minimum atomic E-state index is 0.723. The summed E-state index contributed by atoms with van der Waals surface area (Å²) in [5, 5.41) is 1.74. The van der Waals surface area contributed by atoms with E-state index in [4.69, 9.17) is 0 Å². The van der Waals surface area contributed by atoms with Crippen LogP contribution in [0, 0.1) is 0 Å². The molecule has 0 spiro atoms. The second-order valence-electron chi connectivity index (χ2n) is 1.71. The molecule has 0 aromatic carbocycles. The predicted octanol–water partition coefficient (Wildman–Crippen LogP) is 2.47. The van der Waals surface area contributed by atoms with E-state index >= 15 is 0 Å². The van der Waals surface area contributed by atoms with E-state index in [1.54, 1.807) is 11.0 Å². The largest absolute Gasteiger partial charge is 0.282 e. The van der Waals surface area contributed by atoms with Crippen molar-refractivity contribution in [3.8, 4) is 0 Å². The molecule has 0 rings (SSSR count). The summed E-state index contributed by atoms with van der Waals surface area (Å²) in [5.74, 6) is 0. The molecule has 0 amide bonds. The highest BCUT2D eigenvalue weighted by Crippen LogP contribution is 1.94. The molecule has 50 valence electrons. The summed E-state index contributed by atoms with van der Waals surface area (Å²) in [4.78, 5) is 4.03. The molecule has 0 N–H and O–H groups in total. The van der Waals surface area contributed by atoms with Crippen LogP contribution in [0.5, 0.6) is 0 Å². The van der Waals surface area contributed by atoms with Crippen LogP contribution in [0.15, 0.2) is 29.1 Å². The van der Waals surface area contributed by atoms with Crippen molar-refractivity contribution in [3.63, 3.8) is 0 Å². The summed E-state index contributed by atoms with van der Waals surface area (Å²) in [7, 11) is 0. The number of nitrogens with zero attached hydrogens (tertiary/aromatic N) is 1. The Morgan fingerprint density at radius 2 is 2.44 bits per heavy atom. The van der Waals surface area contributed by atoms with Gasteiger partial charge in [-0.2, -0.15) is 0 Å². The molecule has 0 bridgehead atoms. The third kappa shape index (κ3) is 7.50.